The van der Waals surface area contributed by atoms with Gasteiger partial charge in [-0.1, -0.05) is 28.1 Å². The minimum Gasteiger partial charge on any atom is -0.496 e. The fourth-order valence-corrected chi connectivity index (χ4v) is 4.24. The number of rotatable bonds is 3. The topological polar surface area (TPSA) is 73.4 Å². The van der Waals surface area contributed by atoms with Crippen LogP contribution in [0.2, 0.25) is 0 Å². The van der Waals surface area contributed by atoms with Crippen LogP contribution in [-0.4, -0.2) is 22.9 Å². The predicted molar refractivity (Wildman–Crippen MR) is 109 cm³/mol. The summed E-state index contributed by atoms with van der Waals surface area (Å²) in [4.78, 5) is 14.0. The fraction of sp³-hybridized carbons (Fsp3) is 0.190. The summed E-state index contributed by atoms with van der Waals surface area (Å²) in [5, 5.41) is 0. The molecule has 1 unspecified atom stereocenters. The molecule has 1 atom stereocenters. The highest BCUT2D eigenvalue weighted by Gasteiger charge is 2.45. The number of hydrogen-bond acceptors (Lipinski definition) is 5. The number of nitrogens with zero attached hydrogens (tertiary/aromatic N) is 3. The Labute approximate surface area is 166 Å². The zero-order valence-electron chi connectivity index (χ0n) is 15.3. The van der Waals surface area contributed by atoms with E-state index in [1.807, 2.05) is 32.0 Å². The molecule has 5 nitrogen and oxygen atoms in total. The molecule has 0 saturated carbocycles. The van der Waals surface area contributed by atoms with Crippen molar-refractivity contribution in [3.05, 3.63) is 86.9 Å². The average molecular weight is 423 g/mol. The number of aliphatic imine (C=N–C) groups is 1. The van der Waals surface area contributed by atoms with Crippen LogP contribution in [0.25, 0.3) is 0 Å². The lowest BCUT2D eigenvalue weighted by Crippen LogP contribution is -2.27. The van der Waals surface area contributed by atoms with Crippen LogP contribution in [0, 0.1) is 13.8 Å². The zero-order valence-corrected chi connectivity index (χ0v) is 16.9. The largest absolute Gasteiger partial charge is 0.496 e. The molecular weight excluding hydrogens is 404 g/mol. The van der Waals surface area contributed by atoms with Crippen LogP contribution in [0.3, 0.4) is 0 Å². The second kappa shape index (κ2) is 6.46. The maximum atomic E-state index is 6.28. The van der Waals surface area contributed by atoms with Crippen molar-refractivity contribution in [1.29, 1.82) is 0 Å². The van der Waals surface area contributed by atoms with Gasteiger partial charge in [0.15, 0.2) is 5.54 Å². The quantitative estimate of drug-likeness (QED) is 0.694. The van der Waals surface area contributed by atoms with E-state index in [4.69, 9.17) is 15.5 Å². The molecule has 1 aliphatic rings. The number of halogens is 1. The van der Waals surface area contributed by atoms with Crippen LogP contribution in [0.15, 0.2) is 58.3 Å². The van der Waals surface area contributed by atoms with Gasteiger partial charge < -0.3 is 10.5 Å². The van der Waals surface area contributed by atoms with Crippen LogP contribution >= 0.6 is 15.9 Å². The number of methoxy groups -OCH3 is 1. The molecular formula is C21H19BrN4O. The van der Waals surface area contributed by atoms with E-state index >= 15 is 0 Å². The van der Waals surface area contributed by atoms with Crippen molar-refractivity contribution in [3.63, 3.8) is 0 Å². The molecule has 0 aliphatic carbocycles. The summed E-state index contributed by atoms with van der Waals surface area (Å²) in [7, 11) is 1.69. The molecule has 0 spiro atoms. The first kappa shape index (κ1) is 17.7. The highest BCUT2D eigenvalue weighted by atomic mass is 79.9. The molecule has 0 fully saturated rings. The van der Waals surface area contributed by atoms with Gasteiger partial charge in [0, 0.05) is 16.9 Å². The number of benzene rings is 2. The minimum atomic E-state index is -0.848. The number of hydrogen-bond donors (Lipinski definition) is 1. The van der Waals surface area contributed by atoms with Gasteiger partial charge in [-0.15, -0.1) is 0 Å². The van der Waals surface area contributed by atoms with Gasteiger partial charge in [-0.3, -0.25) is 4.98 Å². The Morgan fingerprint density at radius 2 is 1.70 bits per heavy atom. The first-order valence-corrected chi connectivity index (χ1v) is 9.35. The van der Waals surface area contributed by atoms with Crippen molar-refractivity contribution in [2.75, 3.05) is 7.11 Å². The lowest BCUT2D eigenvalue weighted by atomic mass is 9.79. The first-order valence-electron chi connectivity index (χ1n) is 8.56. The summed E-state index contributed by atoms with van der Waals surface area (Å²) >= 11 is 3.58. The maximum Gasteiger partial charge on any atom is 0.157 e. The fourth-order valence-electron chi connectivity index (χ4n) is 3.84. The molecule has 0 radical (unpaired) electrons. The molecule has 0 amide bonds. The van der Waals surface area contributed by atoms with E-state index in [1.165, 1.54) is 0 Å². The first-order chi connectivity index (χ1) is 13.0. The number of nitrogens with two attached hydrogens (primary N) is 1. The number of fused-ring (bicyclic) bond motifs is 1. The second-order valence-corrected chi connectivity index (χ2v) is 7.53. The SMILES string of the molecule is COc1c(C)cc(C2(c3cccc(Br)c3)N=C(N)c3nccnc32)cc1C. The third-order valence-corrected chi connectivity index (χ3v) is 5.39. The van der Waals surface area contributed by atoms with Gasteiger partial charge in [-0.05, 0) is 60.4 Å². The molecule has 2 N–H and O–H groups in total. The molecule has 1 aliphatic heterocycles. The summed E-state index contributed by atoms with van der Waals surface area (Å²) in [6.45, 7) is 4.06. The molecule has 2 aromatic carbocycles. The van der Waals surface area contributed by atoms with E-state index in [9.17, 15) is 0 Å². The van der Waals surface area contributed by atoms with Gasteiger partial charge in [0.2, 0.25) is 0 Å². The Kier molecular flexibility index (Phi) is 4.23. The van der Waals surface area contributed by atoms with Crippen molar-refractivity contribution in [3.8, 4) is 5.75 Å². The standard InChI is InChI=1S/C21H19BrN4O/c1-12-9-15(10-13(2)18(12)27-3)21(14-5-4-6-16(22)11-14)19-17(20(23)26-21)24-7-8-25-19/h4-11H,1-3H3,(H2,23,26). The molecule has 1 aromatic heterocycles. The summed E-state index contributed by atoms with van der Waals surface area (Å²) < 4.78 is 6.51. The summed E-state index contributed by atoms with van der Waals surface area (Å²) in [6, 6.07) is 12.3. The highest BCUT2D eigenvalue weighted by molar-refractivity contribution is 9.10. The van der Waals surface area contributed by atoms with Crippen LogP contribution in [-0.2, 0) is 5.54 Å². The van der Waals surface area contributed by atoms with Gasteiger partial charge in [-0.2, -0.15) is 0 Å². The van der Waals surface area contributed by atoms with Gasteiger partial charge >= 0.3 is 0 Å². The normalized spacial score (nSPS) is 18.1. The molecule has 6 heteroatoms. The van der Waals surface area contributed by atoms with Crippen molar-refractivity contribution < 1.29 is 4.74 Å². The monoisotopic (exact) mass is 422 g/mol. The van der Waals surface area contributed by atoms with Crippen molar-refractivity contribution in [2.45, 2.75) is 19.4 Å². The van der Waals surface area contributed by atoms with E-state index in [2.05, 4.69) is 44.1 Å². The predicted octanol–water partition coefficient (Wildman–Crippen LogP) is 3.88. The minimum absolute atomic E-state index is 0.393. The van der Waals surface area contributed by atoms with E-state index in [0.29, 0.717) is 11.5 Å². The van der Waals surface area contributed by atoms with E-state index in [1.54, 1.807) is 19.5 Å². The smallest absolute Gasteiger partial charge is 0.157 e. The van der Waals surface area contributed by atoms with Crippen molar-refractivity contribution in [2.24, 2.45) is 10.7 Å². The molecule has 4 rings (SSSR count). The third-order valence-electron chi connectivity index (χ3n) is 4.90. The molecule has 2 heterocycles. The Morgan fingerprint density at radius 1 is 1.00 bits per heavy atom. The van der Waals surface area contributed by atoms with Crippen molar-refractivity contribution in [1.82, 2.24) is 9.97 Å². The van der Waals surface area contributed by atoms with Crippen LogP contribution in [0.4, 0.5) is 0 Å². The van der Waals surface area contributed by atoms with Crippen molar-refractivity contribution >= 4 is 21.8 Å². The van der Waals surface area contributed by atoms with Gasteiger partial charge in [0.25, 0.3) is 0 Å². The van der Waals surface area contributed by atoms with Gasteiger partial charge in [0.05, 0.1) is 7.11 Å². The molecule has 0 saturated heterocycles. The lowest BCUT2D eigenvalue weighted by molar-refractivity contribution is 0.408. The Balaban J connectivity index is 2.09. The zero-order chi connectivity index (χ0) is 19.2. The third kappa shape index (κ3) is 2.63. The Bertz CT molecular complexity index is 1060. The number of aromatic nitrogens is 2. The van der Waals surface area contributed by atoms with Crippen LogP contribution in [0.5, 0.6) is 5.75 Å². The van der Waals surface area contributed by atoms with Gasteiger partial charge in [0.1, 0.15) is 23.0 Å². The number of amidine groups is 1. The Morgan fingerprint density at radius 3 is 2.37 bits per heavy atom. The van der Waals surface area contributed by atoms with E-state index in [-0.39, 0.29) is 0 Å². The Hall–Kier alpha value is -2.73. The van der Waals surface area contributed by atoms with Gasteiger partial charge in [-0.25, -0.2) is 9.98 Å². The summed E-state index contributed by atoms with van der Waals surface area (Å²) in [6.07, 6.45) is 3.33. The number of aryl methyl sites for hydroxylation is 2. The maximum absolute atomic E-state index is 6.28. The number of ether oxygens (including phenoxy) is 1. The van der Waals surface area contributed by atoms with E-state index in [0.717, 1.165) is 38.2 Å². The van der Waals surface area contributed by atoms with Crippen LogP contribution in [0.1, 0.15) is 33.6 Å². The van der Waals surface area contributed by atoms with Crippen LogP contribution < -0.4 is 10.5 Å². The second-order valence-electron chi connectivity index (χ2n) is 6.61. The highest BCUT2D eigenvalue weighted by Crippen LogP contribution is 2.46. The summed E-state index contributed by atoms with van der Waals surface area (Å²) in [5.74, 6) is 1.27. The lowest BCUT2D eigenvalue weighted by Gasteiger charge is -2.29. The molecule has 0 bridgehead atoms. The average Bonchev–Trinajstić information content (AvgIpc) is 2.96. The molecule has 3 aromatic rings. The molecule has 136 valence electrons. The molecule has 27 heavy (non-hydrogen) atoms. The summed E-state index contributed by atoms with van der Waals surface area (Å²) in [5.41, 5.74) is 10.8. The van der Waals surface area contributed by atoms with E-state index < -0.39 is 5.54 Å².